The van der Waals surface area contributed by atoms with Gasteiger partial charge in [0.1, 0.15) is 29.0 Å². The summed E-state index contributed by atoms with van der Waals surface area (Å²) in [6.45, 7) is 0. The van der Waals surface area contributed by atoms with Crippen LogP contribution in [-0.4, -0.2) is 8.42 Å². The summed E-state index contributed by atoms with van der Waals surface area (Å²) in [5.41, 5.74) is -1.00. The highest BCUT2D eigenvalue weighted by molar-refractivity contribution is 7.92. The number of halogens is 4. The van der Waals surface area contributed by atoms with Gasteiger partial charge in [0.05, 0.1) is 0 Å². The van der Waals surface area contributed by atoms with Crippen molar-refractivity contribution in [1.29, 1.82) is 0 Å². The highest BCUT2D eigenvalue weighted by Gasteiger charge is 2.26. The van der Waals surface area contributed by atoms with Gasteiger partial charge in [0.25, 0.3) is 10.0 Å². The molecule has 0 aliphatic carbocycles. The standard InChI is InChI=1S/C12H7F4NO2S/c13-7-3-1-4-8(14)11(7)17-20(18,19)12-9(15)5-2-6-10(12)16/h1-6,17H. The molecule has 0 radical (unpaired) electrons. The molecule has 2 rings (SSSR count). The molecule has 0 bridgehead atoms. The van der Waals surface area contributed by atoms with Crippen molar-refractivity contribution < 1.29 is 26.0 Å². The predicted molar refractivity (Wildman–Crippen MR) is 63.5 cm³/mol. The highest BCUT2D eigenvalue weighted by atomic mass is 32.2. The Morgan fingerprint density at radius 2 is 1.15 bits per heavy atom. The monoisotopic (exact) mass is 305 g/mol. The first kappa shape index (κ1) is 14.3. The summed E-state index contributed by atoms with van der Waals surface area (Å²) in [7, 11) is -4.80. The van der Waals surface area contributed by atoms with Crippen LogP contribution < -0.4 is 4.72 Å². The fraction of sp³-hybridized carbons (Fsp3) is 0. The minimum Gasteiger partial charge on any atom is -0.274 e. The zero-order chi connectivity index (χ0) is 14.9. The lowest BCUT2D eigenvalue weighted by atomic mass is 10.3. The molecular formula is C12H7F4NO2S. The Morgan fingerprint density at radius 1 is 0.750 bits per heavy atom. The van der Waals surface area contributed by atoms with Gasteiger partial charge in [-0.1, -0.05) is 12.1 Å². The number of para-hydroxylation sites is 1. The number of hydrogen-bond acceptors (Lipinski definition) is 2. The van der Waals surface area contributed by atoms with E-state index in [1.807, 2.05) is 0 Å². The van der Waals surface area contributed by atoms with Crippen molar-refractivity contribution in [3.05, 3.63) is 59.7 Å². The Kier molecular flexibility index (Phi) is 3.67. The Hall–Kier alpha value is -2.09. The summed E-state index contributed by atoms with van der Waals surface area (Å²) in [6.07, 6.45) is 0. The summed E-state index contributed by atoms with van der Waals surface area (Å²) in [5.74, 6) is -5.14. The summed E-state index contributed by atoms with van der Waals surface area (Å²) < 4.78 is 78.6. The van der Waals surface area contributed by atoms with Crippen molar-refractivity contribution in [3.63, 3.8) is 0 Å². The van der Waals surface area contributed by atoms with Crippen molar-refractivity contribution in [2.75, 3.05) is 4.72 Å². The second-order valence-electron chi connectivity index (χ2n) is 3.75. The third-order valence-corrected chi connectivity index (χ3v) is 3.79. The molecule has 0 heterocycles. The van der Waals surface area contributed by atoms with Crippen molar-refractivity contribution in [2.24, 2.45) is 0 Å². The summed E-state index contributed by atoms with van der Waals surface area (Å²) in [5, 5.41) is 0. The molecule has 0 unspecified atom stereocenters. The number of nitrogens with one attached hydrogen (secondary N) is 1. The van der Waals surface area contributed by atoms with E-state index in [4.69, 9.17) is 0 Å². The molecule has 0 atom stereocenters. The summed E-state index contributed by atoms with van der Waals surface area (Å²) in [6, 6.07) is 5.03. The predicted octanol–water partition coefficient (Wildman–Crippen LogP) is 3.04. The van der Waals surface area contributed by atoms with Gasteiger partial charge in [0.15, 0.2) is 4.90 Å². The van der Waals surface area contributed by atoms with E-state index in [-0.39, 0.29) is 0 Å². The number of anilines is 1. The van der Waals surface area contributed by atoms with E-state index in [9.17, 15) is 26.0 Å². The quantitative estimate of drug-likeness (QED) is 0.886. The van der Waals surface area contributed by atoms with Gasteiger partial charge in [-0.15, -0.1) is 0 Å². The molecule has 0 fully saturated rings. The van der Waals surface area contributed by atoms with E-state index in [0.29, 0.717) is 0 Å². The molecule has 20 heavy (non-hydrogen) atoms. The molecule has 0 saturated carbocycles. The Bertz CT molecular complexity index is 722. The maximum atomic E-state index is 13.4. The fourth-order valence-electron chi connectivity index (χ4n) is 1.52. The molecule has 0 aromatic heterocycles. The number of sulfonamides is 1. The lowest BCUT2D eigenvalue weighted by Gasteiger charge is -2.10. The van der Waals surface area contributed by atoms with E-state index in [0.717, 1.165) is 36.4 Å². The minimum atomic E-state index is -4.80. The van der Waals surface area contributed by atoms with Crippen LogP contribution in [0, 0.1) is 23.3 Å². The second-order valence-corrected chi connectivity index (χ2v) is 5.37. The Morgan fingerprint density at radius 3 is 1.60 bits per heavy atom. The van der Waals surface area contributed by atoms with Crippen molar-refractivity contribution in [2.45, 2.75) is 4.90 Å². The van der Waals surface area contributed by atoms with E-state index in [2.05, 4.69) is 0 Å². The Labute approximate surface area is 111 Å². The molecule has 106 valence electrons. The van der Waals surface area contributed by atoms with Gasteiger partial charge in [0.2, 0.25) is 0 Å². The first-order chi connectivity index (χ1) is 9.33. The molecule has 0 saturated heterocycles. The number of rotatable bonds is 3. The van der Waals surface area contributed by atoms with E-state index >= 15 is 0 Å². The zero-order valence-corrected chi connectivity index (χ0v) is 10.5. The number of hydrogen-bond donors (Lipinski definition) is 1. The van der Waals surface area contributed by atoms with Crippen LogP contribution in [0.2, 0.25) is 0 Å². The molecule has 2 aromatic rings. The SMILES string of the molecule is O=S(=O)(Nc1c(F)cccc1F)c1c(F)cccc1F. The normalized spacial score (nSPS) is 11.4. The molecule has 0 aliphatic heterocycles. The van der Waals surface area contributed by atoms with Gasteiger partial charge >= 0.3 is 0 Å². The van der Waals surface area contributed by atoms with Crippen LogP contribution in [0.3, 0.4) is 0 Å². The zero-order valence-electron chi connectivity index (χ0n) is 9.70. The van der Waals surface area contributed by atoms with Crippen LogP contribution in [0.1, 0.15) is 0 Å². The largest absolute Gasteiger partial charge is 0.274 e. The third kappa shape index (κ3) is 2.60. The first-order valence-corrected chi connectivity index (χ1v) is 6.72. The second kappa shape index (κ2) is 5.12. The molecule has 1 N–H and O–H groups in total. The van der Waals surface area contributed by atoms with Gasteiger partial charge in [-0.3, -0.25) is 4.72 Å². The smallest absolute Gasteiger partial charge is 0.267 e. The Balaban J connectivity index is 2.53. The lowest BCUT2D eigenvalue weighted by molar-refractivity contribution is 0.520. The van der Waals surface area contributed by atoms with Crippen LogP contribution in [0.15, 0.2) is 41.3 Å². The fourth-order valence-corrected chi connectivity index (χ4v) is 2.74. The average molecular weight is 305 g/mol. The van der Waals surface area contributed by atoms with E-state index in [1.54, 1.807) is 0 Å². The van der Waals surface area contributed by atoms with Gasteiger partial charge in [0, 0.05) is 0 Å². The van der Waals surface area contributed by atoms with Crippen LogP contribution >= 0.6 is 0 Å². The summed E-state index contributed by atoms with van der Waals surface area (Å²) in [4.78, 5) is -1.30. The van der Waals surface area contributed by atoms with Crippen LogP contribution in [0.4, 0.5) is 23.2 Å². The van der Waals surface area contributed by atoms with Crippen molar-refractivity contribution >= 4 is 15.7 Å². The maximum absolute atomic E-state index is 13.4. The lowest BCUT2D eigenvalue weighted by Crippen LogP contribution is -2.18. The first-order valence-electron chi connectivity index (χ1n) is 5.24. The van der Waals surface area contributed by atoms with Gasteiger partial charge in [-0.2, -0.15) is 0 Å². The summed E-state index contributed by atoms with van der Waals surface area (Å²) >= 11 is 0. The topological polar surface area (TPSA) is 46.2 Å². The molecule has 8 heteroatoms. The van der Waals surface area contributed by atoms with E-state index < -0.39 is 43.9 Å². The maximum Gasteiger partial charge on any atom is 0.267 e. The van der Waals surface area contributed by atoms with Gasteiger partial charge in [-0.05, 0) is 24.3 Å². The minimum absolute atomic E-state index is 0.718. The van der Waals surface area contributed by atoms with Crippen LogP contribution in [0.5, 0.6) is 0 Å². The molecule has 2 aromatic carbocycles. The van der Waals surface area contributed by atoms with Crippen LogP contribution in [0.25, 0.3) is 0 Å². The number of benzene rings is 2. The van der Waals surface area contributed by atoms with Gasteiger partial charge in [-0.25, -0.2) is 26.0 Å². The van der Waals surface area contributed by atoms with Crippen molar-refractivity contribution in [1.82, 2.24) is 0 Å². The van der Waals surface area contributed by atoms with E-state index in [1.165, 1.54) is 4.72 Å². The molecule has 0 aliphatic rings. The van der Waals surface area contributed by atoms with Gasteiger partial charge < -0.3 is 0 Å². The average Bonchev–Trinajstić information content (AvgIpc) is 2.33. The third-order valence-electron chi connectivity index (χ3n) is 2.39. The van der Waals surface area contributed by atoms with Crippen molar-refractivity contribution in [3.8, 4) is 0 Å². The molecule has 0 spiro atoms. The molecule has 3 nitrogen and oxygen atoms in total. The van der Waals surface area contributed by atoms with Crippen LogP contribution in [-0.2, 0) is 10.0 Å². The molecular weight excluding hydrogens is 298 g/mol. The molecule has 0 amide bonds. The highest BCUT2D eigenvalue weighted by Crippen LogP contribution is 2.25.